The lowest BCUT2D eigenvalue weighted by molar-refractivity contribution is -0.138. The first-order chi connectivity index (χ1) is 23.9. The van der Waals surface area contributed by atoms with Crippen LogP contribution in [-0.2, 0) is 27.3 Å². The van der Waals surface area contributed by atoms with Crippen LogP contribution in [0.15, 0.2) is 41.3 Å². The molecule has 2 fully saturated rings. The normalized spacial score (nSPS) is 22.7. The van der Waals surface area contributed by atoms with Gasteiger partial charge in [-0.25, -0.2) is 19.3 Å². The molecule has 5 heterocycles. The van der Waals surface area contributed by atoms with Gasteiger partial charge in [-0.1, -0.05) is 12.8 Å². The van der Waals surface area contributed by atoms with E-state index in [9.17, 15) is 23.6 Å². The summed E-state index contributed by atoms with van der Waals surface area (Å²) < 4.78 is 16.0. The first kappa shape index (κ1) is 33.9. The van der Waals surface area contributed by atoms with Crippen LogP contribution in [-0.4, -0.2) is 83.7 Å². The third-order valence-electron chi connectivity index (χ3n) is 10.2. The maximum atomic E-state index is 14.4. The molecule has 1 aromatic carbocycles. The van der Waals surface area contributed by atoms with Gasteiger partial charge < -0.3 is 15.1 Å². The van der Waals surface area contributed by atoms with Crippen LogP contribution >= 0.6 is 15.9 Å². The number of carbonyl (C=O) groups excluding carboxylic acids is 4. The van der Waals surface area contributed by atoms with Crippen LogP contribution in [0.2, 0.25) is 0 Å². The molecule has 3 atom stereocenters. The average molecular weight is 746 g/mol. The molecule has 4 aromatic rings. The lowest BCUT2D eigenvalue weighted by Gasteiger charge is -2.27. The van der Waals surface area contributed by atoms with Gasteiger partial charge in [-0.15, -0.1) is 0 Å². The van der Waals surface area contributed by atoms with Crippen molar-refractivity contribution in [2.45, 2.75) is 83.8 Å². The summed E-state index contributed by atoms with van der Waals surface area (Å²) in [6.07, 6.45) is 8.98. The predicted molar refractivity (Wildman–Crippen MR) is 187 cm³/mol. The molecule has 3 aliphatic rings. The quantitative estimate of drug-likeness (QED) is 0.220. The molecule has 260 valence electrons. The maximum absolute atomic E-state index is 14.4. The Morgan fingerprint density at radius 1 is 0.980 bits per heavy atom. The number of amides is 3. The zero-order chi connectivity index (χ0) is 35.3. The van der Waals surface area contributed by atoms with Crippen molar-refractivity contribution < 1.29 is 23.6 Å². The minimum atomic E-state index is -0.880. The number of Topliss-reactive ketones (excluding diaryl/α,β-unsaturated/α-hetero) is 1. The standard InChI is InChI=1S/C36H38BrFN8O4/c1-20(47)33-26-11-23(24-16-39-21(2)40-17-24)10-22-8-6-4-5-7-9-31(48)44(3)19-36-14-27(35(50)42-30-13-25(38)12-29(37)41-30)46(28(36)15-36)32(49)18-45(43-33)34(22)26/h10-13,16-17,27-28H,4-9,14-15,18-19H2,1-3H3,(H,41,42,50)/t27-,28+,36-/m0/s1. The molecule has 0 unspecified atom stereocenters. The number of ketones is 1. The van der Waals surface area contributed by atoms with Crippen LogP contribution in [0, 0.1) is 18.2 Å². The lowest BCUT2D eigenvalue weighted by atomic mass is 9.96. The third-order valence-corrected chi connectivity index (χ3v) is 10.6. The second kappa shape index (κ2) is 13.3. The molecular formula is C36H38BrFN8O4. The molecule has 1 N–H and O–H groups in total. The van der Waals surface area contributed by atoms with Gasteiger partial charge in [-0.3, -0.25) is 23.9 Å². The fraction of sp³-hybridized carbons (Fsp3) is 0.444. The van der Waals surface area contributed by atoms with Crippen LogP contribution in [0.25, 0.3) is 22.0 Å². The predicted octanol–water partition coefficient (Wildman–Crippen LogP) is 5.26. The number of hydrogen-bond acceptors (Lipinski definition) is 8. The smallest absolute Gasteiger partial charge is 0.248 e. The van der Waals surface area contributed by atoms with Crippen LogP contribution in [0.4, 0.5) is 10.2 Å². The van der Waals surface area contributed by atoms with E-state index in [0.717, 1.165) is 48.4 Å². The molecule has 2 aliphatic heterocycles. The molecule has 14 heteroatoms. The highest BCUT2D eigenvalue weighted by molar-refractivity contribution is 9.10. The molecular weight excluding hydrogens is 707 g/mol. The SMILES string of the molecule is CC(=O)c1nn2c3c(cc(-c4cnc(C)nc4)cc13)CCCCCCC(=O)N(C)C[C@@]13C[C@@H](C(=O)Nc4cc(F)cc(Br)n4)N(C(=O)C2)[C@@H]1C3. The Bertz CT molecular complexity index is 2010. The number of aryl methyl sites for hydroxylation is 2. The summed E-state index contributed by atoms with van der Waals surface area (Å²) >= 11 is 3.17. The van der Waals surface area contributed by atoms with Crippen molar-refractivity contribution in [3.8, 4) is 11.1 Å². The van der Waals surface area contributed by atoms with E-state index in [1.165, 1.54) is 13.0 Å². The summed E-state index contributed by atoms with van der Waals surface area (Å²) in [5.41, 5.74) is 3.10. The second-order valence-corrected chi connectivity index (χ2v) is 14.7. The maximum Gasteiger partial charge on any atom is 0.248 e. The number of nitrogens with zero attached hydrogens (tertiary/aromatic N) is 7. The summed E-state index contributed by atoms with van der Waals surface area (Å²) in [7, 11) is 1.78. The van der Waals surface area contributed by atoms with E-state index < -0.39 is 23.2 Å². The van der Waals surface area contributed by atoms with Crippen molar-refractivity contribution in [2.24, 2.45) is 5.41 Å². The van der Waals surface area contributed by atoms with Crippen molar-refractivity contribution in [3.63, 3.8) is 0 Å². The molecule has 50 heavy (non-hydrogen) atoms. The highest BCUT2D eigenvalue weighted by Gasteiger charge is 2.67. The Morgan fingerprint density at radius 2 is 1.72 bits per heavy atom. The number of aromatic nitrogens is 5. The molecule has 7 rings (SSSR count). The topological polar surface area (TPSA) is 143 Å². The Kier molecular flexibility index (Phi) is 8.99. The number of anilines is 1. The fourth-order valence-electron chi connectivity index (χ4n) is 7.76. The van der Waals surface area contributed by atoms with Gasteiger partial charge in [-0.05, 0) is 78.2 Å². The van der Waals surface area contributed by atoms with Crippen molar-refractivity contribution >= 4 is 56.2 Å². The van der Waals surface area contributed by atoms with Gasteiger partial charge >= 0.3 is 0 Å². The highest BCUT2D eigenvalue weighted by Crippen LogP contribution is 2.60. The van der Waals surface area contributed by atoms with Gasteiger partial charge in [0.1, 0.15) is 40.3 Å². The van der Waals surface area contributed by atoms with E-state index in [2.05, 4.69) is 42.3 Å². The molecule has 1 aliphatic carbocycles. The number of hydrogen-bond donors (Lipinski definition) is 1. The zero-order valence-electron chi connectivity index (χ0n) is 28.2. The minimum Gasteiger partial charge on any atom is -0.345 e. The van der Waals surface area contributed by atoms with Gasteiger partial charge in [-0.2, -0.15) is 5.10 Å². The third kappa shape index (κ3) is 6.52. The number of pyridine rings is 1. The molecule has 1 saturated heterocycles. The van der Waals surface area contributed by atoms with Gasteiger partial charge in [0.15, 0.2) is 5.78 Å². The molecule has 0 radical (unpaired) electrons. The van der Waals surface area contributed by atoms with Crippen molar-refractivity contribution in [1.29, 1.82) is 0 Å². The summed E-state index contributed by atoms with van der Waals surface area (Å²) in [4.78, 5) is 70.7. The summed E-state index contributed by atoms with van der Waals surface area (Å²) in [6.45, 7) is 3.50. The lowest BCUT2D eigenvalue weighted by Crippen LogP contribution is -2.46. The van der Waals surface area contributed by atoms with E-state index in [1.807, 2.05) is 13.0 Å². The highest BCUT2D eigenvalue weighted by atomic mass is 79.9. The van der Waals surface area contributed by atoms with Crippen molar-refractivity contribution in [1.82, 2.24) is 34.5 Å². The number of piperidine rings is 1. The van der Waals surface area contributed by atoms with Gasteiger partial charge in [0.25, 0.3) is 0 Å². The van der Waals surface area contributed by atoms with Crippen molar-refractivity contribution in [3.05, 3.63) is 64.2 Å². The van der Waals surface area contributed by atoms with E-state index in [4.69, 9.17) is 5.10 Å². The van der Waals surface area contributed by atoms with Gasteiger partial charge in [0, 0.05) is 73.9 Å². The van der Waals surface area contributed by atoms with E-state index in [0.29, 0.717) is 49.0 Å². The van der Waals surface area contributed by atoms with Crippen LogP contribution in [0.5, 0.6) is 0 Å². The largest absolute Gasteiger partial charge is 0.345 e. The van der Waals surface area contributed by atoms with Crippen molar-refractivity contribution in [2.75, 3.05) is 18.9 Å². The van der Waals surface area contributed by atoms with Crippen LogP contribution < -0.4 is 5.32 Å². The van der Waals surface area contributed by atoms with E-state index in [1.54, 1.807) is 33.9 Å². The molecule has 3 aromatic heterocycles. The summed E-state index contributed by atoms with van der Waals surface area (Å²) in [5.74, 6) is -0.910. The molecule has 3 amide bonds. The van der Waals surface area contributed by atoms with E-state index >= 15 is 0 Å². The number of rotatable bonds is 4. The molecule has 12 nitrogen and oxygen atoms in total. The molecule has 0 spiro atoms. The first-order valence-electron chi connectivity index (χ1n) is 16.9. The average Bonchev–Trinajstić information content (AvgIpc) is 3.45. The van der Waals surface area contributed by atoms with Gasteiger partial charge in [0.05, 0.1) is 5.52 Å². The summed E-state index contributed by atoms with van der Waals surface area (Å²) in [5, 5.41) is 8.06. The number of benzene rings is 1. The Labute approximate surface area is 297 Å². The van der Waals surface area contributed by atoms with E-state index in [-0.39, 0.29) is 46.3 Å². The minimum absolute atomic E-state index is 0.0224. The van der Waals surface area contributed by atoms with Gasteiger partial charge in [0.2, 0.25) is 17.7 Å². The monoisotopic (exact) mass is 744 g/mol. The molecule has 1 saturated carbocycles. The number of nitrogens with one attached hydrogen (secondary N) is 1. The Morgan fingerprint density at radius 3 is 2.44 bits per heavy atom. The van der Waals surface area contributed by atoms with Crippen LogP contribution in [0.3, 0.4) is 0 Å². The zero-order valence-corrected chi connectivity index (χ0v) is 29.8. The Balaban J connectivity index is 1.29. The van der Waals surface area contributed by atoms with Crippen LogP contribution in [0.1, 0.15) is 73.7 Å². The second-order valence-electron chi connectivity index (χ2n) is 13.9. The number of halogens is 2. The molecule has 2 bridgehead atoms. The fourth-order valence-corrected chi connectivity index (χ4v) is 8.17. The Hall–Kier alpha value is -4.59. The first-order valence-corrected chi connectivity index (χ1v) is 17.7. The number of carbonyl (C=O) groups is 4. The summed E-state index contributed by atoms with van der Waals surface area (Å²) in [6, 6.07) is 5.11.